The van der Waals surface area contributed by atoms with Crippen molar-refractivity contribution in [2.45, 2.75) is 26.3 Å². The van der Waals surface area contributed by atoms with Crippen molar-refractivity contribution in [2.75, 3.05) is 5.32 Å². The zero-order chi connectivity index (χ0) is 10.6. The van der Waals surface area contributed by atoms with Crippen molar-refractivity contribution >= 4 is 11.7 Å². The van der Waals surface area contributed by atoms with Gasteiger partial charge in [0.05, 0.1) is 0 Å². The van der Waals surface area contributed by atoms with Crippen molar-refractivity contribution in [3.8, 4) is 0 Å². The van der Waals surface area contributed by atoms with Crippen molar-refractivity contribution in [3.63, 3.8) is 0 Å². The van der Waals surface area contributed by atoms with Crippen LogP contribution in [0.25, 0.3) is 0 Å². The van der Waals surface area contributed by atoms with Gasteiger partial charge in [-0.1, -0.05) is 24.6 Å². The molecule has 1 aromatic rings. The molecule has 0 spiro atoms. The number of anilines is 1. The molecule has 76 valence electrons. The van der Waals surface area contributed by atoms with Gasteiger partial charge in [0, 0.05) is 5.69 Å². The van der Waals surface area contributed by atoms with Crippen LogP contribution in [0, 0.1) is 6.92 Å². The minimum atomic E-state index is -0.812. The number of aryl methyl sites for hydroxylation is 1. The molecule has 0 heterocycles. The Balaban J connectivity index is 2.67. The van der Waals surface area contributed by atoms with Gasteiger partial charge in [-0.3, -0.25) is 0 Å². The molecular formula is C11H15NO2. The Hall–Kier alpha value is -1.51. The number of carbonyl (C=O) groups is 1. The van der Waals surface area contributed by atoms with Gasteiger partial charge in [-0.2, -0.15) is 0 Å². The highest BCUT2D eigenvalue weighted by Crippen LogP contribution is 2.11. The lowest BCUT2D eigenvalue weighted by atomic mass is 10.2. The molecule has 0 aliphatic rings. The summed E-state index contributed by atoms with van der Waals surface area (Å²) in [4.78, 5) is 10.7. The molecule has 0 saturated heterocycles. The third-order valence-electron chi connectivity index (χ3n) is 2.10. The molecule has 0 bridgehead atoms. The van der Waals surface area contributed by atoms with Gasteiger partial charge < -0.3 is 10.4 Å². The second-order valence-corrected chi connectivity index (χ2v) is 3.31. The summed E-state index contributed by atoms with van der Waals surface area (Å²) in [7, 11) is 0. The number of nitrogens with one attached hydrogen (secondary N) is 1. The summed E-state index contributed by atoms with van der Waals surface area (Å²) in [5.74, 6) is -0.812. The summed E-state index contributed by atoms with van der Waals surface area (Å²) in [6.45, 7) is 3.85. The molecule has 14 heavy (non-hydrogen) atoms. The first kappa shape index (κ1) is 10.6. The third kappa shape index (κ3) is 2.76. The molecule has 1 atom stereocenters. The van der Waals surface area contributed by atoms with Crippen LogP contribution in [0.2, 0.25) is 0 Å². The number of hydrogen-bond acceptors (Lipinski definition) is 2. The second kappa shape index (κ2) is 4.65. The van der Waals surface area contributed by atoms with E-state index >= 15 is 0 Å². The number of aliphatic carboxylic acids is 1. The SMILES string of the molecule is CC[C@H](Nc1ccc(C)cc1)C(=O)O. The van der Waals surface area contributed by atoms with Crippen molar-refractivity contribution < 1.29 is 9.90 Å². The first-order valence-corrected chi connectivity index (χ1v) is 4.69. The quantitative estimate of drug-likeness (QED) is 0.771. The molecule has 3 nitrogen and oxygen atoms in total. The van der Waals surface area contributed by atoms with Crippen LogP contribution in [-0.4, -0.2) is 17.1 Å². The number of rotatable bonds is 4. The van der Waals surface area contributed by atoms with Crippen LogP contribution in [0.4, 0.5) is 5.69 Å². The fourth-order valence-electron chi connectivity index (χ4n) is 1.19. The molecule has 1 rings (SSSR count). The predicted octanol–water partition coefficient (Wildman–Crippen LogP) is 2.27. The van der Waals surface area contributed by atoms with Crippen LogP contribution in [-0.2, 0) is 4.79 Å². The van der Waals surface area contributed by atoms with Gasteiger partial charge in [0.1, 0.15) is 6.04 Å². The summed E-state index contributed by atoms with van der Waals surface area (Å²) in [5.41, 5.74) is 2.02. The van der Waals surface area contributed by atoms with Crippen LogP contribution in [0.3, 0.4) is 0 Å². The first-order chi connectivity index (χ1) is 6.63. The Morgan fingerprint density at radius 1 is 1.43 bits per heavy atom. The van der Waals surface area contributed by atoms with Gasteiger partial charge in [-0.15, -0.1) is 0 Å². The molecule has 1 aromatic carbocycles. The van der Waals surface area contributed by atoms with E-state index in [0.717, 1.165) is 5.69 Å². The Labute approximate surface area is 83.8 Å². The Morgan fingerprint density at radius 3 is 2.43 bits per heavy atom. The zero-order valence-corrected chi connectivity index (χ0v) is 8.45. The zero-order valence-electron chi connectivity index (χ0n) is 8.45. The van der Waals surface area contributed by atoms with E-state index in [1.165, 1.54) is 5.56 Å². The van der Waals surface area contributed by atoms with E-state index in [9.17, 15) is 4.79 Å². The van der Waals surface area contributed by atoms with Crippen molar-refractivity contribution in [1.29, 1.82) is 0 Å². The maximum Gasteiger partial charge on any atom is 0.326 e. The normalized spacial score (nSPS) is 12.1. The lowest BCUT2D eigenvalue weighted by molar-refractivity contribution is -0.137. The maximum atomic E-state index is 10.7. The second-order valence-electron chi connectivity index (χ2n) is 3.31. The van der Waals surface area contributed by atoms with Gasteiger partial charge in [0.2, 0.25) is 0 Å². The molecule has 0 aliphatic heterocycles. The largest absolute Gasteiger partial charge is 0.480 e. The van der Waals surface area contributed by atoms with Crippen molar-refractivity contribution in [3.05, 3.63) is 29.8 Å². The van der Waals surface area contributed by atoms with E-state index in [4.69, 9.17) is 5.11 Å². The van der Waals surface area contributed by atoms with E-state index in [1.807, 2.05) is 38.1 Å². The summed E-state index contributed by atoms with van der Waals surface area (Å²) in [6.07, 6.45) is 0.573. The summed E-state index contributed by atoms with van der Waals surface area (Å²) in [5, 5.41) is 11.8. The lowest BCUT2D eigenvalue weighted by Crippen LogP contribution is -2.28. The van der Waals surface area contributed by atoms with E-state index < -0.39 is 12.0 Å². The Bertz CT molecular complexity index is 306. The van der Waals surface area contributed by atoms with Gasteiger partial charge >= 0.3 is 5.97 Å². The van der Waals surface area contributed by atoms with E-state index in [1.54, 1.807) is 0 Å². The standard InChI is InChI=1S/C11H15NO2/c1-3-10(11(13)14)12-9-6-4-8(2)5-7-9/h4-7,10,12H,3H2,1-2H3,(H,13,14)/t10-/m0/s1. The average Bonchev–Trinajstić information content (AvgIpc) is 2.16. The maximum absolute atomic E-state index is 10.7. The van der Waals surface area contributed by atoms with Gasteiger partial charge in [0.25, 0.3) is 0 Å². The number of carboxylic acids is 1. The molecule has 0 radical (unpaired) electrons. The fraction of sp³-hybridized carbons (Fsp3) is 0.364. The highest BCUT2D eigenvalue weighted by molar-refractivity contribution is 5.77. The van der Waals surface area contributed by atoms with Crippen LogP contribution < -0.4 is 5.32 Å². The van der Waals surface area contributed by atoms with Crippen LogP contribution in [0.1, 0.15) is 18.9 Å². The van der Waals surface area contributed by atoms with Crippen LogP contribution in [0.5, 0.6) is 0 Å². The lowest BCUT2D eigenvalue weighted by Gasteiger charge is -2.13. The summed E-state index contributed by atoms with van der Waals surface area (Å²) >= 11 is 0. The molecule has 0 fully saturated rings. The molecule has 3 heteroatoms. The van der Waals surface area contributed by atoms with Gasteiger partial charge in [-0.05, 0) is 25.5 Å². The molecule has 2 N–H and O–H groups in total. The number of carboxylic acid groups (broad SMARTS) is 1. The summed E-state index contributed by atoms with van der Waals surface area (Å²) in [6, 6.07) is 7.19. The van der Waals surface area contributed by atoms with Crippen molar-refractivity contribution in [1.82, 2.24) is 0 Å². The number of hydrogen-bond donors (Lipinski definition) is 2. The average molecular weight is 193 g/mol. The highest BCUT2D eigenvalue weighted by Gasteiger charge is 2.13. The molecule has 0 aromatic heterocycles. The molecule has 0 saturated carbocycles. The highest BCUT2D eigenvalue weighted by atomic mass is 16.4. The summed E-state index contributed by atoms with van der Waals surface area (Å²) < 4.78 is 0. The Kier molecular flexibility index (Phi) is 3.51. The smallest absolute Gasteiger partial charge is 0.326 e. The van der Waals surface area contributed by atoms with E-state index in [-0.39, 0.29) is 0 Å². The first-order valence-electron chi connectivity index (χ1n) is 4.69. The molecular weight excluding hydrogens is 178 g/mol. The monoisotopic (exact) mass is 193 g/mol. The van der Waals surface area contributed by atoms with Crippen LogP contribution in [0.15, 0.2) is 24.3 Å². The van der Waals surface area contributed by atoms with E-state index in [2.05, 4.69) is 5.32 Å². The molecule has 0 aliphatic carbocycles. The topological polar surface area (TPSA) is 49.3 Å². The predicted molar refractivity (Wildman–Crippen MR) is 56.5 cm³/mol. The minimum Gasteiger partial charge on any atom is -0.480 e. The van der Waals surface area contributed by atoms with Crippen LogP contribution >= 0.6 is 0 Å². The minimum absolute atomic E-state index is 0.502. The fourth-order valence-corrected chi connectivity index (χ4v) is 1.19. The van der Waals surface area contributed by atoms with Gasteiger partial charge in [-0.25, -0.2) is 4.79 Å². The number of benzene rings is 1. The molecule has 0 amide bonds. The molecule has 0 unspecified atom stereocenters. The third-order valence-corrected chi connectivity index (χ3v) is 2.10. The van der Waals surface area contributed by atoms with E-state index in [0.29, 0.717) is 6.42 Å². The Morgan fingerprint density at radius 2 is 2.00 bits per heavy atom. The van der Waals surface area contributed by atoms with Gasteiger partial charge in [0.15, 0.2) is 0 Å². The van der Waals surface area contributed by atoms with Crippen molar-refractivity contribution in [2.24, 2.45) is 0 Å².